The summed E-state index contributed by atoms with van der Waals surface area (Å²) in [6, 6.07) is 5.24. The van der Waals surface area contributed by atoms with Gasteiger partial charge >= 0.3 is 0 Å². The van der Waals surface area contributed by atoms with Crippen LogP contribution in [0, 0.1) is 0 Å². The number of aliphatic hydroxyl groups is 1. The molecule has 0 aliphatic heterocycles. The van der Waals surface area contributed by atoms with Crippen molar-refractivity contribution in [1.29, 1.82) is 0 Å². The van der Waals surface area contributed by atoms with Gasteiger partial charge in [-0.1, -0.05) is 6.07 Å². The zero-order chi connectivity index (χ0) is 9.68. The fourth-order valence-corrected chi connectivity index (χ4v) is 0.667. The smallest absolute Gasteiger partial charge is 0.266 e. The lowest BCUT2D eigenvalue weighted by Gasteiger charge is -2.08. The Labute approximate surface area is 75.8 Å². The highest BCUT2D eigenvalue weighted by Gasteiger charge is 2.06. The third-order valence-corrected chi connectivity index (χ3v) is 1.36. The second-order valence-corrected chi connectivity index (χ2v) is 2.51. The second kappa shape index (κ2) is 4.42. The summed E-state index contributed by atoms with van der Waals surface area (Å²) < 4.78 is 0. The Hall–Kier alpha value is -1.62. The Bertz CT molecular complexity index is 274. The van der Waals surface area contributed by atoms with Gasteiger partial charge in [-0.3, -0.25) is 15.6 Å². The van der Waals surface area contributed by atoms with Gasteiger partial charge < -0.3 is 5.11 Å². The van der Waals surface area contributed by atoms with Crippen LogP contribution in [-0.2, 0) is 4.79 Å². The normalized spacial score (nSPS) is 11.8. The lowest BCUT2D eigenvalue weighted by Crippen LogP contribution is -2.36. The summed E-state index contributed by atoms with van der Waals surface area (Å²) in [6.07, 6.45) is 0.563. The summed E-state index contributed by atoms with van der Waals surface area (Å²) in [5.41, 5.74) is 4.85. The van der Waals surface area contributed by atoms with E-state index in [9.17, 15) is 4.79 Å². The highest BCUT2D eigenvalue weighted by molar-refractivity contribution is 5.80. The van der Waals surface area contributed by atoms with Crippen molar-refractivity contribution in [3.05, 3.63) is 24.4 Å². The van der Waals surface area contributed by atoms with Crippen molar-refractivity contribution >= 4 is 11.7 Å². The molecular weight excluding hydrogens is 170 g/mol. The van der Waals surface area contributed by atoms with E-state index in [4.69, 9.17) is 5.11 Å². The molecule has 0 aliphatic carbocycles. The zero-order valence-electron chi connectivity index (χ0n) is 7.19. The van der Waals surface area contributed by atoms with Crippen molar-refractivity contribution in [3.8, 4) is 0 Å². The monoisotopic (exact) mass is 181 g/mol. The Morgan fingerprint density at radius 2 is 2.38 bits per heavy atom. The van der Waals surface area contributed by atoms with Gasteiger partial charge in [0.25, 0.3) is 5.91 Å². The minimum Gasteiger partial charge on any atom is -0.383 e. The number of nitrogens with zero attached hydrogens (tertiary/aromatic N) is 1. The Morgan fingerprint density at radius 3 is 2.92 bits per heavy atom. The molecule has 0 saturated heterocycles. The van der Waals surface area contributed by atoms with E-state index in [0.717, 1.165) is 0 Å². The van der Waals surface area contributed by atoms with Crippen molar-refractivity contribution < 1.29 is 9.90 Å². The standard InChI is InChI=1S/C8H11N3O2/c1-6(12)8(13)11-10-7-4-2-3-5-9-7/h2-6,12H,1H3,(H,9,10)(H,11,13)/t6-/m1/s1. The zero-order valence-corrected chi connectivity index (χ0v) is 7.19. The van der Waals surface area contributed by atoms with Crippen molar-refractivity contribution in [3.63, 3.8) is 0 Å². The number of rotatable bonds is 3. The maximum atomic E-state index is 10.9. The van der Waals surface area contributed by atoms with Crippen molar-refractivity contribution in [2.75, 3.05) is 5.43 Å². The van der Waals surface area contributed by atoms with Crippen LogP contribution >= 0.6 is 0 Å². The molecular formula is C8H11N3O2. The summed E-state index contributed by atoms with van der Waals surface area (Å²) in [7, 11) is 0. The molecule has 13 heavy (non-hydrogen) atoms. The number of hydrogen-bond donors (Lipinski definition) is 3. The van der Waals surface area contributed by atoms with E-state index < -0.39 is 12.0 Å². The van der Waals surface area contributed by atoms with Crippen LogP contribution in [-0.4, -0.2) is 22.1 Å². The average molecular weight is 181 g/mol. The molecule has 0 unspecified atom stereocenters. The summed E-state index contributed by atoms with van der Waals surface area (Å²) >= 11 is 0. The third-order valence-electron chi connectivity index (χ3n) is 1.36. The number of carbonyl (C=O) groups is 1. The number of hydrogen-bond acceptors (Lipinski definition) is 4. The number of aromatic nitrogens is 1. The molecule has 0 spiro atoms. The summed E-state index contributed by atoms with van der Waals surface area (Å²) in [6.45, 7) is 1.38. The summed E-state index contributed by atoms with van der Waals surface area (Å²) in [4.78, 5) is 14.8. The largest absolute Gasteiger partial charge is 0.383 e. The van der Waals surface area contributed by atoms with E-state index in [1.165, 1.54) is 6.92 Å². The fraction of sp³-hybridized carbons (Fsp3) is 0.250. The van der Waals surface area contributed by atoms with Gasteiger partial charge in [-0.25, -0.2) is 4.98 Å². The molecule has 1 amide bonds. The highest BCUT2D eigenvalue weighted by atomic mass is 16.3. The first-order valence-corrected chi connectivity index (χ1v) is 3.85. The van der Waals surface area contributed by atoms with Crippen LogP contribution < -0.4 is 10.9 Å². The van der Waals surface area contributed by atoms with E-state index in [1.807, 2.05) is 0 Å². The fourth-order valence-electron chi connectivity index (χ4n) is 0.667. The molecule has 0 fully saturated rings. The minimum atomic E-state index is -1.03. The quantitative estimate of drug-likeness (QED) is 0.569. The molecule has 1 atom stereocenters. The van der Waals surface area contributed by atoms with Gasteiger partial charge in [0.05, 0.1) is 0 Å². The van der Waals surface area contributed by atoms with Crippen LogP contribution in [0.25, 0.3) is 0 Å². The second-order valence-electron chi connectivity index (χ2n) is 2.51. The van der Waals surface area contributed by atoms with E-state index in [1.54, 1.807) is 24.4 Å². The number of aliphatic hydroxyl groups excluding tert-OH is 1. The van der Waals surface area contributed by atoms with E-state index in [-0.39, 0.29) is 0 Å². The topological polar surface area (TPSA) is 74.2 Å². The Morgan fingerprint density at radius 1 is 1.62 bits per heavy atom. The average Bonchev–Trinajstić information content (AvgIpc) is 2.15. The third kappa shape index (κ3) is 3.08. The number of nitrogens with one attached hydrogen (secondary N) is 2. The van der Waals surface area contributed by atoms with Gasteiger partial charge in [0.2, 0.25) is 0 Å². The lowest BCUT2D eigenvalue weighted by atomic mass is 10.4. The maximum absolute atomic E-state index is 10.9. The van der Waals surface area contributed by atoms with Crippen LogP contribution in [0.2, 0.25) is 0 Å². The molecule has 0 radical (unpaired) electrons. The van der Waals surface area contributed by atoms with Gasteiger partial charge in [0, 0.05) is 6.20 Å². The minimum absolute atomic E-state index is 0.495. The Balaban J connectivity index is 2.40. The molecule has 1 heterocycles. The summed E-state index contributed by atoms with van der Waals surface area (Å²) in [5.74, 6) is 0.0298. The van der Waals surface area contributed by atoms with Gasteiger partial charge in [-0.15, -0.1) is 0 Å². The van der Waals surface area contributed by atoms with Gasteiger partial charge in [0.15, 0.2) is 0 Å². The number of carbonyl (C=O) groups excluding carboxylic acids is 1. The van der Waals surface area contributed by atoms with Crippen LogP contribution in [0.1, 0.15) is 6.92 Å². The molecule has 5 heteroatoms. The maximum Gasteiger partial charge on any atom is 0.266 e. The molecule has 1 rings (SSSR count). The van der Waals surface area contributed by atoms with Crippen molar-refractivity contribution in [2.45, 2.75) is 13.0 Å². The molecule has 70 valence electrons. The highest BCUT2D eigenvalue weighted by Crippen LogP contribution is 1.96. The van der Waals surface area contributed by atoms with Gasteiger partial charge in [0.1, 0.15) is 11.9 Å². The van der Waals surface area contributed by atoms with Crippen molar-refractivity contribution in [2.24, 2.45) is 0 Å². The number of hydrazine groups is 1. The first-order valence-electron chi connectivity index (χ1n) is 3.85. The van der Waals surface area contributed by atoms with Crippen molar-refractivity contribution in [1.82, 2.24) is 10.4 Å². The van der Waals surface area contributed by atoms with Gasteiger partial charge in [-0.05, 0) is 19.1 Å². The van der Waals surface area contributed by atoms with Gasteiger partial charge in [-0.2, -0.15) is 0 Å². The number of pyridine rings is 1. The summed E-state index contributed by atoms with van der Waals surface area (Å²) in [5, 5.41) is 8.83. The molecule has 3 N–H and O–H groups in total. The number of amides is 1. The predicted molar refractivity (Wildman–Crippen MR) is 47.7 cm³/mol. The molecule has 0 saturated carbocycles. The van der Waals surface area contributed by atoms with E-state index in [2.05, 4.69) is 15.8 Å². The first kappa shape index (κ1) is 9.47. The van der Waals surface area contributed by atoms with Crippen LogP contribution in [0.3, 0.4) is 0 Å². The van der Waals surface area contributed by atoms with E-state index >= 15 is 0 Å². The molecule has 0 bridgehead atoms. The molecule has 0 aromatic carbocycles. The lowest BCUT2D eigenvalue weighted by molar-refractivity contribution is -0.127. The predicted octanol–water partition coefficient (Wildman–Crippen LogP) is -0.0945. The number of anilines is 1. The Kier molecular flexibility index (Phi) is 3.22. The van der Waals surface area contributed by atoms with Crippen LogP contribution in [0.15, 0.2) is 24.4 Å². The molecule has 0 aliphatic rings. The molecule has 1 aromatic heterocycles. The van der Waals surface area contributed by atoms with E-state index in [0.29, 0.717) is 5.82 Å². The molecule has 5 nitrogen and oxygen atoms in total. The SMILES string of the molecule is C[C@@H](O)C(=O)NNc1ccccn1. The van der Waals surface area contributed by atoms with Crippen LogP contribution in [0.5, 0.6) is 0 Å². The molecule has 1 aromatic rings. The first-order chi connectivity index (χ1) is 6.20. The van der Waals surface area contributed by atoms with Crippen LogP contribution in [0.4, 0.5) is 5.82 Å².